The molecule has 0 unspecified atom stereocenters. The van der Waals surface area contributed by atoms with E-state index in [9.17, 15) is 8.42 Å². The second-order valence-corrected chi connectivity index (χ2v) is 6.36. The van der Waals surface area contributed by atoms with Gasteiger partial charge in [0.1, 0.15) is 0 Å². The minimum absolute atomic E-state index is 0.306. The smallest absolute Gasteiger partial charge is 0.244 e. The van der Waals surface area contributed by atoms with Crippen LogP contribution in [-0.4, -0.2) is 51.6 Å². The normalized spacial score (nSPS) is 12.2. The molecule has 1 aromatic heterocycles. The Morgan fingerprint density at radius 1 is 1.47 bits per heavy atom. The summed E-state index contributed by atoms with van der Waals surface area (Å²) in [6.45, 7) is 4.49. The Morgan fingerprint density at radius 2 is 2.21 bits per heavy atom. The lowest BCUT2D eigenvalue weighted by atomic mass is 10.4. The number of hydrogen-bond acceptors (Lipinski definition) is 4. The van der Waals surface area contributed by atoms with Gasteiger partial charge in [0.25, 0.3) is 0 Å². The van der Waals surface area contributed by atoms with E-state index in [2.05, 4.69) is 10.3 Å². The number of sulfonamides is 1. The largest absolute Gasteiger partial charge is 0.385 e. The lowest BCUT2D eigenvalue weighted by molar-refractivity contribution is 0.189. The lowest BCUT2D eigenvalue weighted by Crippen LogP contribution is -2.28. The summed E-state index contributed by atoms with van der Waals surface area (Å²) in [7, 11) is -0.215. The Labute approximate surface area is 115 Å². The van der Waals surface area contributed by atoms with Crippen LogP contribution in [0.5, 0.6) is 0 Å². The van der Waals surface area contributed by atoms with E-state index in [1.165, 1.54) is 10.5 Å². The van der Waals surface area contributed by atoms with Crippen LogP contribution in [0.15, 0.2) is 17.2 Å². The second-order valence-electron chi connectivity index (χ2n) is 4.31. The molecule has 0 atom stereocenters. The SMILES string of the molecule is CCNCc1cc(S(=O)(=O)N(C)CCCOC)c[nH]1. The Morgan fingerprint density at radius 3 is 2.84 bits per heavy atom. The molecule has 0 saturated heterocycles. The Hall–Kier alpha value is -0.890. The molecule has 0 radical (unpaired) electrons. The minimum Gasteiger partial charge on any atom is -0.385 e. The van der Waals surface area contributed by atoms with E-state index in [0.29, 0.717) is 31.0 Å². The maximum Gasteiger partial charge on any atom is 0.244 e. The number of rotatable bonds is 9. The van der Waals surface area contributed by atoms with Crippen LogP contribution in [0.2, 0.25) is 0 Å². The number of aromatic nitrogens is 1. The van der Waals surface area contributed by atoms with Gasteiger partial charge in [-0.2, -0.15) is 0 Å². The second kappa shape index (κ2) is 7.64. The third kappa shape index (κ3) is 4.61. The van der Waals surface area contributed by atoms with Crippen molar-refractivity contribution in [2.45, 2.75) is 24.8 Å². The number of aromatic amines is 1. The predicted molar refractivity (Wildman–Crippen MR) is 74.5 cm³/mol. The van der Waals surface area contributed by atoms with Crippen molar-refractivity contribution in [3.05, 3.63) is 18.0 Å². The highest BCUT2D eigenvalue weighted by molar-refractivity contribution is 7.89. The van der Waals surface area contributed by atoms with Crippen LogP contribution in [0.3, 0.4) is 0 Å². The number of methoxy groups -OCH3 is 1. The highest BCUT2D eigenvalue weighted by Gasteiger charge is 2.21. The third-order valence-corrected chi connectivity index (χ3v) is 4.65. The van der Waals surface area contributed by atoms with Gasteiger partial charge in [-0.05, 0) is 19.0 Å². The molecule has 0 spiro atoms. The first-order valence-electron chi connectivity index (χ1n) is 6.35. The average molecular weight is 289 g/mol. The summed E-state index contributed by atoms with van der Waals surface area (Å²) >= 11 is 0. The molecule has 110 valence electrons. The van der Waals surface area contributed by atoms with Gasteiger partial charge in [0.15, 0.2) is 0 Å². The molecular formula is C12H23N3O3S. The monoisotopic (exact) mass is 289 g/mol. The summed E-state index contributed by atoms with van der Waals surface area (Å²) in [5.41, 5.74) is 0.866. The number of nitrogens with zero attached hydrogens (tertiary/aromatic N) is 1. The number of ether oxygens (including phenoxy) is 1. The molecule has 0 aliphatic heterocycles. The van der Waals surface area contributed by atoms with Gasteiger partial charge in [0.05, 0.1) is 4.90 Å². The van der Waals surface area contributed by atoms with Gasteiger partial charge in [-0.1, -0.05) is 6.92 Å². The van der Waals surface area contributed by atoms with E-state index in [1.807, 2.05) is 6.92 Å². The third-order valence-electron chi connectivity index (χ3n) is 2.81. The fourth-order valence-corrected chi connectivity index (χ4v) is 2.89. The minimum atomic E-state index is -3.40. The van der Waals surface area contributed by atoms with Crippen molar-refractivity contribution in [2.75, 3.05) is 33.9 Å². The molecule has 0 saturated carbocycles. The number of hydrogen-bond donors (Lipinski definition) is 2. The van der Waals surface area contributed by atoms with E-state index in [0.717, 1.165) is 12.2 Å². The van der Waals surface area contributed by atoms with Crippen molar-refractivity contribution in [1.29, 1.82) is 0 Å². The predicted octanol–water partition coefficient (Wildman–Crippen LogP) is 0.781. The van der Waals surface area contributed by atoms with Gasteiger partial charge in [0, 0.05) is 45.7 Å². The zero-order valence-corrected chi connectivity index (χ0v) is 12.6. The van der Waals surface area contributed by atoms with Gasteiger partial charge in [-0.3, -0.25) is 0 Å². The van der Waals surface area contributed by atoms with Crippen LogP contribution in [0.25, 0.3) is 0 Å². The number of nitrogens with one attached hydrogen (secondary N) is 2. The Balaban J connectivity index is 2.68. The van der Waals surface area contributed by atoms with Crippen molar-refractivity contribution in [3.8, 4) is 0 Å². The summed E-state index contributed by atoms with van der Waals surface area (Å²) < 4.78 is 30.8. The molecule has 0 bridgehead atoms. The van der Waals surface area contributed by atoms with Crippen LogP contribution >= 0.6 is 0 Å². The summed E-state index contributed by atoms with van der Waals surface area (Å²) in [6, 6.07) is 1.67. The molecule has 2 N–H and O–H groups in total. The van der Waals surface area contributed by atoms with Gasteiger partial charge in [-0.25, -0.2) is 12.7 Å². The van der Waals surface area contributed by atoms with Gasteiger partial charge >= 0.3 is 0 Å². The van der Waals surface area contributed by atoms with Crippen LogP contribution in [0, 0.1) is 0 Å². The molecule has 1 rings (SSSR count). The molecule has 7 heteroatoms. The average Bonchev–Trinajstić information content (AvgIpc) is 2.85. The fraction of sp³-hybridized carbons (Fsp3) is 0.667. The highest BCUT2D eigenvalue weighted by atomic mass is 32.2. The molecular weight excluding hydrogens is 266 g/mol. The summed E-state index contributed by atoms with van der Waals surface area (Å²) in [5, 5.41) is 3.14. The topological polar surface area (TPSA) is 74.4 Å². The van der Waals surface area contributed by atoms with E-state index < -0.39 is 10.0 Å². The van der Waals surface area contributed by atoms with E-state index in [1.54, 1.807) is 20.2 Å². The summed E-state index contributed by atoms with van der Waals surface area (Å²) in [5.74, 6) is 0. The Bertz CT molecular complexity index is 470. The van der Waals surface area contributed by atoms with Crippen LogP contribution in [-0.2, 0) is 21.3 Å². The molecule has 0 fully saturated rings. The summed E-state index contributed by atoms with van der Waals surface area (Å²) in [6.07, 6.45) is 2.22. The Kier molecular flexibility index (Phi) is 6.50. The fourth-order valence-electron chi connectivity index (χ4n) is 1.66. The highest BCUT2D eigenvalue weighted by Crippen LogP contribution is 2.15. The first-order valence-corrected chi connectivity index (χ1v) is 7.79. The maximum absolute atomic E-state index is 12.3. The van der Waals surface area contributed by atoms with Crippen LogP contribution in [0.1, 0.15) is 19.0 Å². The molecule has 0 aliphatic rings. The van der Waals surface area contributed by atoms with Crippen LogP contribution < -0.4 is 5.32 Å². The lowest BCUT2D eigenvalue weighted by Gasteiger charge is -2.15. The van der Waals surface area contributed by atoms with Crippen LogP contribution in [0.4, 0.5) is 0 Å². The van der Waals surface area contributed by atoms with E-state index in [4.69, 9.17) is 4.74 Å². The number of H-pyrrole nitrogens is 1. The zero-order valence-electron chi connectivity index (χ0n) is 11.8. The standard InChI is InChI=1S/C12H23N3O3S/c1-4-13-9-11-8-12(10-14-11)19(16,17)15(2)6-5-7-18-3/h8,10,13-14H,4-7,9H2,1-3H3. The molecule has 6 nitrogen and oxygen atoms in total. The summed E-state index contributed by atoms with van der Waals surface area (Å²) in [4.78, 5) is 3.28. The molecule has 0 aromatic carbocycles. The van der Waals surface area contributed by atoms with Gasteiger partial charge < -0.3 is 15.0 Å². The van der Waals surface area contributed by atoms with Gasteiger partial charge in [0.2, 0.25) is 10.0 Å². The quantitative estimate of drug-likeness (QED) is 0.659. The molecule has 1 heterocycles. The first kappa shape index (κ1) is 16.2. The first-order chi connectivity index (χ1) is 9.02. The van der Waals surface area contributed by atoms with Crippen molar-refractivity contribution < 1.29 is 13.2 Å². The van der Waals surface area contributed by atoms with Crippen molar-refractivity contribution in [2.24, 2.45) is 0 Å². The van der Waals surface area contributed by atoms with E-state index >= 15 is 0 Å². The van der Waals surface area contributed by atoms with Crippen molar-refractivity contribution >= 4 is 10.0 Å². The van der Waals surface area contributed by atoms with Crippen molar-refractivity contribution in [3.63, 3.8) is 0 Å². The molecule has 19 heavy (non-hydrogen) atoms. The van der Waals surface area contributed by atoms with E-state index in [-0.39, 0.29) is 0 Å². The molecule has 0 amide bonds. The maximum atomic E-state index is 12.3. The van der Waals surface area contributed by atoms with Gasteiger partial charge in [-0.15, -0.1) is 0 Å². The zero-order chi connectivity index (χ0) is 14.3. The molecule has 1 aromatic rings. The molecule has 0 aliphatic carbocycles. The van der Waals surface area contributed by atoms with Crippen molar-refractivity contribution in [1.82, 2.24) is 14.6 Å².